The third-order valence-electron chi connectivity index (χ3n) is 3.78. The number of nitrogens with zero attached hydrogens (tertiary/aromatic N) is 2. The molecular formula is C19H17N3O3S. The average Bonchev–Trinajstić information content (AvgIpc) is 2.62. The number of nitrogens with one attached hydrogen (secondary N) is 1. The van der Waals surface area contributed by atoms with Crippen molar-refractivity contribution in [3.63, 3.8) is 0 Å². The number of anilines is 2. The topological polar surface area (TPSA) is 85.1 Å². The molecule has 0 saturated heterocycles. The van der Waals surface area contributed by atoms with Crippen molar-refractivity contribution in [2.75, 3.05) is 5.32 Å². The molecule has 0 saturated carbocycles. The van der Waals surface area contributed by atoms with E-state index < -0.39 is 15.7 Å². The third kappa shape index (κ3) is 4.31. The summed E-state index contributed by atoms with van der Waals surface area (Å²) in [5, 5.41) is 14.0. The first kappa shape index (κ1) is 17.8. The number of benzene rings is 2. The highest BCUT2D eigenvalue weighted by Gasteiger charge is 2.12. The second-order valence-electron chi connectivity index (χ2n) is 5.74. The third-order valence-corrected chi connectivity index (χ3v) is 5.18. The van der Waals surface area contributed by atoms with Crippen LogP contribution in [0.1, 0.15) is 11.1 Å². The number of aryl methyl sites for hydroxylation is 1. The van der Waals surface area contributed by atoms with E-state index in [1.165, 1.54) is 6.20 Å². The van der Waals surface area contributed by atoms with Crippen molar-refractivity contribution in [2.45, 2.75) is 17.6 Å². The summed E-state index contributed by atoms with van der Waals surface area (Å²) < 4.78 is 12.4. The Morgan fingerprint density at radius 3 is 2.58 bits per heavy atom. The highest BCUT2D eigenvalue weighted by molar-refractivity contribution is 7.84. The summed E-state index contributed by atoms with van der Waals surface area (Å²) in [7, 11) is -1.12. The highest BCUT2D eigenvalue weighted by Crippen LogP contribution is 2.23. The molecule has 0 amide bonds. The van der Waals surface area contributed by atoms with E-state index in [1.807, 2.05) is 54.6 Å². The minimum atomic E-state index is -1.12. The van der Waals surface area contributed by atoms with Crippen LogP contribution in [0.4, 0.5) is 17.2 Å². The van der Waals surface area contributed by atoms with Crippen LogP contribution >= 0.6 is 0 Å². The molecule has 1 aromatic heterocycles. The molecule has 132 valence electrons. The van der Waals surface area contributed by atoms with Gasteiger partial charge in [-0.3, -0.25) is 14.3 Å². The standard InChI is InChI=1S/C19H17N3O3S/c1-14-10-19(20-12-18(14)22(23)24)21-16-7-5-6-15(11-16)13-26(25)17-8-3-2-4-9-17/h2-12H,13H2,1H3,(H,20,21). The van der Waals surface area contributed by atoms with Gasteiger partial charge in [0.05, 0.1) is 21.5 Å². The summed E-state index contributed by atoms with van der Waals surface area (Å²) >= 11 is 0. The van der Waals surface area contributed by atoms with E-state index in [0.29, 0.717) is 17.1 Å². The number of nitro groups is 1. The van der Waals surface area contributed by atoms with Crippen LogP contribution in [0, 0.1) is 17.0 Å². The Bertz CT molecular complexity index is 961. The Morgan fingerprint density at radius 1 is 1.12 bits per heavy atom. The van der Waals surface area contributed by atoms with Crippen molar-refractivity contribution in [1.82, 2.24) is 4.98 Å². The summed E-state index contributed by atoms with van der Waals surface area (Å²) in [5.74, 6) is 0.932. The molecule has 0 radical (unpaired) electrons. The first-order valence-corrected chi connectivity index (χ1v) is 9.25. The first-order valence-electron chi connectivity index (χ1n) is 7.93. The van der Waals surface area contributed by atoms with Crippen LogP contribution < -0.4 is 5.32 Å². The molecule has 7 heteroatoms. The lowest BCUT2D eigenvalue weighted by molar-refractivity contribution is -0.385. The molecule has 1 N–H and O–H groups in total. The fourth-order valence-corrected chi connectivity index (χ4v) is 3.61. The van der Waals surface area contributed by atoms with Gasteiger partial charge in [-0.05, 0) is 42.8 Å². The largest absolute Gasteiger partial charge is 0.340 e. The van der Waals surface area contributed by atoms with Crippen molar-refractivity contribution in [3.05, 3.63) is 88.1 Å². The summed E-state index contributed by atoms with van der Waals surface area (Å²) in [4.78, 5) is 15.3. The van der Waals surface area contributed by atoms with Gasteiger partial charge >= 0.3 is 0 Å². The lowest BCUT2D eigenvalue weighted by Crippen LogP contribution is -1.99. The van der Waals surface area contributed by atoms with Crippen molar-refractivity contribution >= 4 is 28.0 Å². The summed E-state index contributed by atoms with van der Waals surface area (Å²) in [5.41, 5.74) is 2.24. The quantitative estimate of drug-likeness (QED) is 0.517. The van der Waals surface area contributed by atoms with Gasteiger partial charge in [-0.2, -0.15) is 0 Å². The Balaban J connectivity index is 1.74. The van der Waals surface area contributed by atoms with Crippen molar-refractivity contribution in [1.29, 1.82) is 0 Å². The number of pyridine rings is 1. The van der Waals surface area contributed by atoms with Gasteiger partial charge in [-0.15, -0.1) is 0 Å². The van der Waals surface area contributed by atoms with Crippen LogP contribution in [-0.2, 0) is 16.6 Å². The molecule has 2 aromatic carbocycles. The Hall–Kier alpha value is -3.06. The molecule has 0 aliphatic heterocycles. The maximum Gasteiger partial charge on any atom is 0.290 e. The second-order valence-corrected chi connectivity index (χ2v) is 7.19. The summed E-state index contributed by atoms with van der Waals surface area (Å²) in [6.45, 7) is 1.67. The Morgan fingerprint density at radius 2 is 1.88 bits per heavy atom. The van der Waals surface area contributed by atoms with Gasteiger partial charge in [0.25, 0.3) is 5.69 Å². The average molecular weight is 367 g/mol. The van der Waals surface area contributed by atoms with Crippen molar-refractivity contribution in [3.8, 4) is 0 Å². The van der Waals surface area contributed by atoms with E-state index in [4.69, 9.17) is 0 Å². The Kier molecular flexibility index (Phi) is 5.38. The van der Waals surface area contributed by atoms with Gasteiger partial charge < -0.3 is 5.32 Å². The number of hydrogen-bond acceptors (Lipinski definition) is 5. The van der Waals surface area contributed by atoms with Gasteiger partial charge in [-0.1, -0.05) is 30.3 Å². The van der Waals surface area contributed by atoms with E-state index in [2.05, 4.69) is 10.3 Å². The van der Waals surface area contributed by atoms with Gasteiger partial charge in [0.2, 0.25) is 0 Å². The fourth-order valence-electron chi connectivity index (χ4n) is 2.50. The molecule has 1 heterocycles. The van der Waals surface area contributed by atoms with Crippen molar-refractivity contribution < 1.29 is 9.13 Å². The zero-order valence-electron chi connectivity index (χ0n) is 14.1. The predicted molar refractivity (Wildman–Crippen MR) is 102 cm³/mol. The SMILES string of the molecule is Cc1cc(Nc2cccc(CS(=O)c3ccccc3)c2)ncc1[N+](=O)[O-]. The van der Waals surface area contributed by atoms with Crippen LogP contribution in [0.15, 0.2) is 71.8 Å². The lowest BCUT2D eigenvalue weighted by atomic mass is 10.2. The molecular weight excluding hydrogens is 350 g/mol. The maximum absolute atomic E-state index is 12.4. The molecule has 0 fully saturated rings. The summed E-state index contributed by atoms with van der Waals surface area (Å²) in [6, 6.07) is 18.5. The molecule has 3 rings (SSSR count). The zero-order valence-corrected chi connectivity index (χ0v) is 14.9. The normalized spacial score (nSPS) is 11.7. The fraction of sp³-hybridized carbons (Fsp3) is 0.105. The molecule has 3 aromatic rings. The van der Waals surface area contributed by atoms with E-state index >= 15 is 0 Å². The predicted octanol–water partition coefficient (Wildman–Crippen LogP) is 4.35. The number of rotatable bonds is 6. The van der Waals surface area contributed by atoms with E-state index in [1.54, 1.807) is 13.0 Å². The zero-order chi connectivity index (χ0) is 18.5. The van der Waals surface area contributed by atoms with E-state index in [9.17, 15) is 14.3 Å². The molecule has 26 heavy (non-hydrogen) atoms. The molecule has 1 unspecified atom stereocenters. The molecule has 1 atom stereocenters. The molecule has 0 spiro atoms. The lowest BCUT2D eigenvalue weighted by Gasteiger charge is -2.09. The van der Waals surface area contributed by atoms with Gasteiger partial charge in [0.1, 0.15) is 12.0 Å². The van der Waals surface area contributed by atoms with E-state index in [0.717, 1.165) is 16.1 Å². The number of hydrogen-bond donors (Lipinski definition) is 1. The molecule has 0 aliphatic carbocycles. The van der Waals surface area contributed by atoms with Crippen LogP contribution in [0.5, 0.6) is 0 Å². The smallest absolute Gasteiger partial charge is 0.290 e. The molecule has 0 bridgehead atoms. The van der Waals surface area contributed by atoms with Gasteiger partial charge in [0, 0.05) is 16.1 Å². The van der Waals surface area contributed by atoms with Gasteiger partial charge in [0.15, 0.2) is 0 Å². The van der Waals surface area contributed by atoms with Gasteiger partial charge in [-0.25, -0.2) is 4.98 Å². The van der Waals surface area contributed by atoms with Crippen molar-refractivity contribution in [2.24, 2.45) is 0 Å². The minimum Gasteiger partial charge on any atom is -0.340 e. The van der Waals surface area contributed by atoms with Crippen LogP contribution in [0.3, 0.4) is 0 Å². The van der Waals surface area contributed by atoms with E-state index in [-0.39, 0.29) is 5.69 Å². The minimum absolute atomic E-state index is 0.0115. The first-order chi connectivity index (χ1) is 12.5. The Labute approximate surface area is 153 Å². The highest BCUT2D eigenvalue weighted by atomic mass is 32.2. The van der Waals surface area contributed by atoms with Crippen LogP contribution in [0.25, 0.3) is 0 Å². The van der Waals surface area contributed by atoms with Crippen LogP contribution in [0.2, 0.25) is 0 Å². The second kappa shape index (κ2) is 7.88. The maximum atomic E-state index is 12.4. The monoisotopic (exact) mass is 367 g/mol. The number of aromatic nitrogens is 1. The molecule has 6 nitrogen and oxygen atoms in total. The molecule has 0 aliphatic rings. The van der Waals surface area contributed by atoms with Crippen LogP contribution in [-0.4, -0.2) is 14.1 Å². The summed E-state index contributed by atoms with van der Waals surface area (Å²) in [6.07, 6.45) is 1.24.